The van der Waals surface area contributed by atoms with Gasteiger partial charge in [-0.05, 0) is 5.57 Å². The first-order valence-corrected chi connectivity index (χ1v) is 5.74. The van der Waals surface area contributed by atoms with Crippen LogP contribution in [-0.2, 0) is 0 Å². The third kappa shape index (κ3) is 1.69. The summed E-state index contributed by atoms with van der Waals surface area (Å²) in [5, 5.41) is 33.6. The largest absolute Gasteiger partial charge is 0.392 e. The van der Waals surface area contributed by atoms with E-state index in [1.807, 2.05) is 0 Å². The van der Waals surface area contributed by atoms with Crippen molar-refractivity contribution in [2.75, 3.05) is 12.3 Å². The first-order valence-electron chi connectivity index (χ1n) is 5.74. The molecule has 0 aromatic carbocycles. The smallest absolute Gasteiger partial charge is 0.163 e. The fourth-order valence-electron chi connectivity index (χ4n) is 2.28. The first kappa shape index (κ1) is 12.0. The van der Waals surface area contributed by atoms with Gasteiger partial charge in [-0.25, -0.2) is 14.6 Å². The van der Waals surface area contributed by atoms with Gasteiger partial charge in [0.2, 0.25) is 0 Å². The Morgan fingerprint density at radius 3 is 2.79 bits per heavy atom. The zero-order chi connectivity index (χ0) is 13.6. The van der Waals surface area contributed by atoms with Crippen LogP contribution in [0.1, 0.15) is 6.04 Å². The minimum Gasteiger partial charge on any atom is -0.392 e. The van der Waals surface area contributed by atoms with Gasteiger partial charge in [0.1, 0.15) is 30.4 Å². The second kappa shape index (κ2) is 4.26. The van der Waals surface area contributed by atoms with E-state index in [0.717, 1.165) is 0 Å². The van der Waals surface area contributed by atoms with Gasteiger partial charge in [0, 0.05) is 0 Å². The van der Waals surface area contributed by atoms with Gasteiger partial charge in [-0.15, -0.1) is 0 Å². The van der Waals surface area contributed by atoms with Crippen LogP contribution < -0.4 is 5.73 Å². The molecule has 100 valence electrons. The Hall–Kier alpha value is -2.03. The Bertz CT molecular complexity index is 653. The minimum absolute atomic E-state index is 0.302. The molecule has 0 amide bonds. The highest BCUT2D eigenvalue weighted by atomic mass is 16.3. The zero-order valence-corrected chi connectivity index (χ0v) is 9.88. The van der Waals surface area contributed by atoms with Crippen molar-refractivity contribution in [2.45, 2.75) is 18.2 Å². The van der Waals surface area contributed by atoms with Crippen LogP contribution in [0.2, 0.25) is 0 Å². The number of hydrogen-bond acceptors (Lipinski definition) is 7. The Kier molecular flexibility index (Phi) is 2.70. The molecule has 0 bridgehead atoms. The van der Waals surface area contributed by atoms with Gasteiger partial charge >= 0.3 is 0 Å². The first-order chi connectivity index (χ1) is 9.13. The monoisotopic (exact) mass is 263 g/mol. The number of fused-ring (bicyclic) bond motifs is 1. The second-order valence-corrected chi connectivity index (χ2v) is 4.41. The fraction of sp³-hybridized carbons (Fsp3) is 0.364. The Morgan fingerprint density at radius 1 is 1.32 bits per heavy atom. The lowest BCUT2D eigenvalue weighted by Crippen LogP contribution is -2.30. The summed E-state index contributed by atoms with van der Waals surface area (Å²) >= 11 is 0. The van der Waals surface area contributed by atoms with Gasteiger partial charge in [-0.3, -0.25) is 0 Å². The molecule has 3 rings (SSSR count). The molecule has 0 saturated carbocycles. The summed E-state index contributed by atoms with van der Waals surface area (Å²) in [7, 11) is 0. The summed E-state index contributed by atoms with van der Waals surface area (Å²) in [6, 6.07) is -0.594. The lowest BCUT2D eigenvalue weighted by Gasteiger charge is -2.17. The Morgan fingerprint density at radius 2 is 2.11 bits per heavy atom. The minimum atomic E-state index is -1.10. The highest BCUT2D eigenvalue weighted by molar-refractivity contribution is 5.84. The third-order valence-electron chi connectivity index (χ3n) is 3.33. The molecule has 2 heterocycles. The molecule has 1 aliphatic carbocycles. The topological polar surface area (TPSA) is 130 Å². The van der Waals surface area contributed by atoms with Crippen molar-refractivity contribution in [3.63, 3.8) is 0 Å². The molecule has 0 aliphatic heterocycles. The van der Waals surface area contributed by atoms with Crippen LogP contribution in [0.3, 0.4) is 0 Å². The van der Waals surface area contributed by atoms with Crippen molar-refractivity contribution in [1.82, 2.24) is 19.7 Å². The predicted molar refractivity (Wildman–Crippen MR) is 66.0 cm³/mol. The lowest BCUT2D eigenvalue weighted by atomic mass is 10.1. The summed E-state index contributed by atoms with van der Waals surface area (Å²) in [6.45, 7) is -0.314. The molecule has 2 aromatic heterocycles. The Balaban J connectivity index is 2.11. The van der Waals surface area contributed by atoms with E-state index in [1.54, 1.807) is 6.08 Å². The number of aromatic nitrogens is 4. The van der Waals surface area contributed by atoms with Crippen molar-refractivity contribution in [3.8, 4) is 0 Å². The quantitative estimate of drug-likeness (QED) is 0.490. The van der Waals surface area contributed by atoms with Crippen LogP contribution in [0.5, 0.6) is 0 Å². The number of nitrogens with two attached hydrogens (primary N) is 1. The molecule has 1 aliphatic rings. The molecule has 0 radical (unpaired) electrons. The van der Waals surface area contributed by atoms with E-state index in [9.17, 15) is 10.2 Å². The average Bonchev–Trinajstić information content (AvgIpc) is 2.94. The molecule has 19 heavy (non-hydrogen) atoms. The van der Waals surface area contributed by atoms with E-state index in [-0.39, 0.29) is 6.61 Å². The number of aliphatic hydroxyl groups excluding tert-OH is 3. The highest BCUT2D eigenvalue weighted by Gasteiger charge is 2.36. The number of anilines is 1. The number of hydrogen-bond donors (Lipinski definition) is 4. The lowest BCUT2D eigenvalue weighted by molar-refractivity contribution is 0.0264. The SMILES string of the molecule is Nc1ncnc2c1cnn2[C@@H]1C=C(CO)[C@@H](O)[C@H]1O. The van der Waals surface area contributed by atoms with Gasteiger partial charge in [0.25, 0.3) is 0 Å². The molecule has 8 nitrogen and oxygen atoms in total. The maximum Gasteiger partial charge on any atom is 0.163 e. The van der Waals surface area contributed by atoms with Crippen molar-refractivity contribution in [3.05, 3.63) is 24.2 Å². The maximum absolute atomic E-state index is 10.0. The van der Waals surface area contributed by atoms with Crippen molar-refractivity contribution >= 4 is 16.9 Å². The van der Waals surface area contributed by atoms with Crippen LogP contribution >= 0.6 is 0 Å². The van der Waals surface area contributed by atoms with Crippen molar-refractivity contribution in [2.24, 2.45) is 0 Å². The summed E-state index contributed by atoms with van der Waals surface area (Å²) in [4.78, 5) is 7.94. The van der Waals surface area contributed by atoms with E-state index >= 15 is 0 Å². The van der Waals surface area contributed by atoms with E-state index in [2.05, 4.69) is 15.1 Å². The van der Waals surface area contributed by atoms with Crippen molar-refractivity contribution < 1.29 is 15.3 Å². The number of rotatable bonds is 2. The molecule has 5 N–H and O–H groups in total. The third-order valence-corrected chi connectivity index (χ3v) is 3.33. The molecule has 3 atom stereocenters. The van der Waals surface area contributed by atoms with Crippen LogP contribution in [-0.4, -0.2) is 53.9 Å². The zero-order valence-electron chi connectivity index (χ0n) is 9.88. The van der Waals surface area contributed by atoms with E-state index < -0.39 is 18.2 Å². The van der Waals surface area contributed by atoms with Gasteiger partial charge in [0.05, 0.1) is 18.2 Å². The van der Waals surface area contributed by atoms with Crippen LogP contribution in [0.4, 0.5) is 5.82 Å². The average molecular weight is 263 g/mol. The fourth-order valence-corrected chi connectivity index (χ4v) is 2.28. The number of aliphatic hydroxyl groups is 3. The van der Waals surface area contributed by atoms with E-state index in [0.29, 0.717) is 22.4 Å². The van der Waals surface area contributed by atoms with Gasteiger partial charge < -0.3 is 21.1 Å². The summed E-state index contributed by atoms with van der Waals surface area (Å²) in [6.07, 6.45) is 2.22. The molecule has 2 aromatic rings. The molecular weight excluding hydrogens is 250 g/mol. The molecule has 0 spiro atoms. The number of nitrogen functional groups attached to an aromatic ring is 1. The van der Waals surface area contributed by atoms with Crippen LogP contribution in [0.25, 0.3) is 11.0 Å². The maximum atomic E-state index is 10.0. The molecule has 0 saturated heterocycles. The van der Waals surface area contributed by atoms with Crippen molar-refractivity contribution in [1.29, 1.82) is 0 Å². The standard InChI is InChI=1S/C11H13N5O3/c12-10-6-2-15-16(11(6)14-4-13-10)7-1-5(3-17)8(18)9(7)19/h1-2,4,7-9,17-19H,3H2,(H2,12,13,14)/t7-,8-,9+/m1/s1. The highest BCUT2D eigenvalue weighted by Crippen LogP contribution is 2.31. The number of nitrogens with zero attached hydrogens (tertiary/aromatic N) is 4. The Labute approximate surface area is 107 Å². The molecule has 8 heteroatoms. The van der Waals surface area contributed by atoms with Crippen LogP contribution in [0.15, 0.2) is 24.2 Å². The summed E-state index contributed by atoms with van der Waals surface area (Å²) in [5.41, 5.74) is 6.55. The van der Waals surface area contributed by atoms with Gasteiger partial charge in [-0.2, -0.15) is 5.10 Å². The summed E-state index contributed by atoms with van der Waals surface area (Å²) in [5.74, 6) is 0.302. The molecule has 0 fully saturated rings. The summed E-state index contributed by atoms with van der Waals surface area (Å²) < 4.78 is 1.46. The second-order valence-electron chi connectivity index (χ2n) is 4.41. The molecule has 0 unspecified atom stereocenters. The van der Waals surface area contributed by atoms with Crippen LogP contribution in [0, 0.1) is 0 Å². The predicted octanol–water partition coefficient (Wildman–Crippen LogP) is -1.40. The van der Waals surface area contributed by atoms with E-state index in [1.165, 1.54) is 17.2 Å². The van der Waals surface area contributed by atoms with Gasteiger partial charge in [-0.1, -0.05) is 6.08 Å². The van der Waals surface area contributed by atoms with E-state index in [4.69, 9.17) is 10.8 Å². The molecular formula is C11H13N5O3. The normalized spacial score (nSPS) is 26.9. The van der Waals surface area contributed by atoms with Gasteiger partial charge in [0.15, 0.2) is 5.65 Å².